The second-order valence-corrected chi connectivity index (χ2v) is 5.44. The van der Waals surface area contributed by atoms with Gasteiger partial charge in [0.1, 0.15) is 0 Å². The molecule has 1 saturated carbocycles. The molecule has 0 aromatic carbocycles. The Balaban J connectivity index is 1.72. The fourth-order valence-electron chi connectivity index (χ4n) is 2.81. The van der Waals surface area contributed by atoms with Crippen molar-refractivity contribution in [3.8, 4) is 0 Å². The Morgan fingerprint density at radius 1 is 1.29 bits per heavy atom. The predicted octanol–water partition coefficient (Wildman–Crippen LogP) is 0.681. The van der Waals surface area contributed by atoms with E-state index in [4.69, 9.17) is 0 Å². The molecule has 0 atom stereocenters. The van der Waals surface area contributed by atoms with E-state index >= 15 is 0 Å². The first-order valence-corrected chi connectivity index (χ1v) is 6.86. The summed E-state index contributed by atoms with van der Waals surface area (Å²) in [5.74, 6) is 0.314. The zero-order valence-electron chi connectivity index (χ0n) is 11.1. The van der Waals surface area contributed by atoms with Crippen molar-refractivity contribution in [2.45, 2.75) is 44.2 Å². The molecule has 1 saturated heterocycles. The number of likely N-dealkylation sites (N-methyl/N-ethyl adjacent to an activating group) is 1. The van der Waals surface area contributed by atoms with Gasteiger partial charge in [-0.15, -0.1) is 0 Å². The Kier molecular flexibility index (Phi) is 4.40. The second kappa shape index (κ2) is 5.83. The molecule has 1 aliphatic carbocycles. The van der Waals surface area contributed by atoms with Crippen LogP contribution in [0.2, 0.25) is 0 Å². The first-order chi connectivity index (χ1) is 8.20. The second-order valence-electron chi connectivity index (χ2n) is 5.44. The van der Waals surface area contributed by atoms with E-state index in [1.165, 1.54) is 32.1 Å². The van der Waals surface area contributed by atoms with E-state index in [0.717, 1.165) is 13.1 Å². The van der Waals surface area contributed by atoms with E-state index in [1.54, 1.807) is 0 Å². The maximum atomic E-state index is 11.9. The molecule has 1 heterocycles. The molecule has 4 nitrogen and oxygen atoms in total. The summed E-state index contributed by atoms with van der Waals surface area (Å²) in [7, 11) is 4.14. The van der Waals surface area contributed by atoms with Crippen LogP contribution in [0.15, 0.2) is 0 Å². The van der Waals surface area contributed by atoms with Crippen LogP contribution in [-0.4, -0.2) is 61.5 Å². The van der Waals surface area contributed by atoms with Gasteiger partial charge in [0, 0.05) is 25.2 Å². The molecule has 0 aromatic rings. The quantitative estimate of drug-likeness (QED) is 0.784. The van der Waals surface area contributed by atoms with Gasteiger partial charge in [-0.2, -0.15) is 0 Å². The molecule has 0 unspecified atom stereocenters. The van der Waals surface area contributed by atoms with Crippen molar-refractivity contribution in [2.75, 3.05) is 33.7 Å². The molecule has 0 spiro atoms. The highest BCUT2D eigenvalue weighted by Gasteiger charge is 2.26. The third-order valence-electron chi connectivity index (χ3n) is 4.32. The highest BCUT2D eigenvalue weighted by Crippen LogP contribution is 2.22. The topological polar surface area (TPSA) is 35.6 Å². The number of amides is 1. The lowest BCUT2D eigenvalue weighted by atomic mass is 9.90. The van der Waals surface area contributed by atoms with Crippen LogP contribution in [0.25, 0.3) is 0 Å². The minimum atomic E-state index is 0.314. The Hall–Kier alpha value is -0.610. The van der Waals surface area contributed by atoms with Crippen molar-refractivity contribution < 1.29 is 4.79 Å². The van der Waals surface area contributed by atoms with Gasteiger partial charge in [-0.3, -0.25) is 9.69 Å². The number of nitrogens with zero attached hydrogens (tertiary/aromatic N) is 2. The first kappa shape index (κ1) is 12.8. The lowest BCUT2D eigenvalue weighted by Crippen LogP contribution is -2.49. The van der Waals surface area contributed by atoms with Gasteiger partial charge in [0.15, 0.2) is 0 Å². The molecule has 4 heteroatoms. The minimum Gasteiger partial charge on any atom is -0.341 e. The molecule has 0 bridgehead atoms. The molecule has 1 N–H and O–H groups in total. The summed E-state index contributed by atoms with van der Waals surface area (Å²) in [5, 5.41) is 3.35. The van der Waals surface area contributed by atoms with E-state index < -0.39 is 0 Å². The summed E-state index contributed by atoms with van der Waals surface area (Å²) in [6.07, 6.45) is 6.10. The van der Waals surface area contributed by atoms with E-state index in [2.05, 4.69) is 17.3 Å². The average molecular weight is 239 g/mol. The highest BCUT2D eigenvalue weighted by molar-refractivity contribution is 5.78. The molecule has 17 heavy (non-hydrogen) atoms. The maximum absolute atomic E-state index is 11.9. The zero-order chi connectivity index (χ0) is 12.3. The smallest absolute Gasteiger partial charge is 0.236 e. The number of nitrogens with one attached hydrogen (secondary N) is 1. The number of likely N-dealkylation sites (tertiary alicyclic amines) is 1. The molecule has 0 radical (unpaired) electrons. The van der Waals surface area contributed by atoms with Crippen LogP contribution in [0.3, 0.4) is 0 Å². The standard InChI is InChI=1S/C13H25N3O/c1-14-11-4-6-12(7-5-11)15(2)10-13(17)16-8-3-9-16/h11-12,14H,3-10H2,1-2H3. The Morgan fingerprint density at radius 3 is 2.41 bits per heavy atom. The molecule has 0 aromatic heterocycles. The largest absolute Gasteiger partial charge is 0.341 e. The molecule has 98 valence electrons. The summed E-state index contributed by atoms with van der Waals surface area (Å²) in [4.78, 5) is 16.1. The van der Waals surface area contributed by atoms with Crippen molar-refractivity contribution in [1.82, 2.24) is 15.1 Å². The minimum absolute atomic E-state index is 0.314. The lowest BCUT2D eigenvalue weighted by molar-refractivity contribution is -0.136. The Labute approximate surface area is 104 Å². The van der Waals surface area contributed by atoms with Crippen LogP contribution in [0, 0.1) is 0 Å². The number of carbonyl (C=O) groups excluding carboxylic acids is 1. The normalized spacial score (nSPS) is 29.2. The molecule has 2 fully saturated rings. The predicted molar refractivity (Wildman–Crippen MR) is 68.9 cm³/mol. The van der Waals surface area contributed by atoms with Crippen LogP contribution < -0.4 is 5.32 Å². The van der Waals surface area contributed by atoms with Gasteiger partial charge in [0.25, 0.3) is 0 Å². The Bertz CT molecular complexity index is 257. The van der Waals surface area contributed by atoms with Crippen LogP contribution in [0.5, 0.6) is 0 Å². The van der Waals surface area contributed by atoms with Crippen LogP contribution in [0.4, 0.5) is 0 Å². The van der Waals surface area contributed by atoms with E-state index in [9.17, 15) is 4.79 Å². The summed E-state index contributed by atoms with van der Waals surface area (Å²) in [5.41, 5.74) is 0. The summed E-state index contributed by atoms with van der Waals surface area (Å²) in [6.45, 7) is 2.55. The van der Waals surface area contributed by atoms with Crippen molar-refractivity contribution in [3.05, 3.63) is 0 Å². The van der Waals surface area contributed by atoms with Crippen LogP contribution >= 0.6 is 0 Å². The molecule has 2 rings (SSSR count). The third kappa shape index (κ3) is 3.19. The van der Waals surface area contributed by atoms with E-state index in [-0.39, 0.29) is 0 Å². The average Bonchev–Trinajstić information content (AvgIpc) is 2.26. The lowest BCUT2D eigenvalue weighted by Gasteiger charge is -2.37. The van der Waals surface area contributed by atoms with Gasteiger partial charge in [0.2, 0.25) is 5.91 Å². The number of hydrogen-bond acceptors (Lipinski definition) is 3. The van der Waals surface area contributed by atoms with Gasteiger partial charge in [0.05, 0.1) is 6.54 Å². The van der Waals surface area contributed by atoms with Gasteiger partial charge in [-0.25, -0.2) is 0 Å². The Morgan fingerprint density at radius 2 is 1.94 bits per heavy atom. The summed E-state index contributed by atoms with van der Waals surface area (Å²) < 4.78 is 0. The van der Waals surface area contributed by atoms with Crippen molar-refractivity contribution in [3.63, 3.8) is 0 Å². The van der Waals surface area contributed by atoms with Crippen molar-refractivity contribution >= 4 is 5.91 Å². The summed E-state index contributed by atoms with van der Waals surface area (Å²) in [6, 6.07) is 1.29. The van der Waals surface area contributed by atoms with Crippen LogP contribution in [-0.2, 0) is 4.79 Å². The number of carbonyl (C=O) groups is 1. The monoisotopic (exact) mass is 239 g/mol. The molecule has 1 aliphatic heterocycles. The molecule has 2 aliphatic rings. The highest BCUT2D eigenvalue weighted by atomic mass is 16.2. The van der Waals surface area contributed by atoms with E-state index in [1.807, 2.05) is 11.9 Å². The van der Waals surface area contributed by atoms with Crippen LogP contribution in [0.1, 0.15) is 32.1 Å². The van der Waals surface area contributed by atoms with Gasteiger partial charge >= 0.3 is 0 Å². The van der Waals surface area contributed by atoms with Crippen molar-refractivity contribution in [1.29, 1.82) is 0 Å². The SMILES string of the molecule is CNC1CCC(N(C)CC(=O)N2CCC2)CC1. The van der Waals surface area contributed by atoms with E-state index in [0.29, 0.717) is 24.5 Å². The molecular weight excluding hydrogens is 214 g/mol. The molecular formula is C13H25N3O. The van der Waals surface area contributed by atoms with Crippen molar-refractivity contribution in [2.24, 2.45) is 0 Å². The summed E-state index contributed by atoms with van der Waals surface area (Å²) >= 11 is 0. The van der Waals surface area contributed by atoms with Gasteiger partial charge < -0.3 is 10.2 Å². The number of rotatable bonds is 4. The van der Waals surface area contributed by atoms with Gasteiger partial charge in [-0.1, -0.05) is 0 Å². The fraction of sp³-hybridized carbons (Fsp3) is 0.923. The molecule has 1 amide bonds. The third-order valence-corrected chi connectivity index (χ3v) is 4.32. The fourth-order valence-corrected chi connectivity index (χ4v) is 2.81. The maximum Gasteiger partial charge on any atom is 0.236 e. The van der Waals surface area contributed by atoms with Gasteiger partial charge in [-0.05, 0) is 46.2 Å². The zero-order valence-corrected chi connectivity index (χ0v) is 11.1. The first-order valence-electron chi connectivity index (χ1n) is 6.86. The number of hydrogen-bond donors (Lipinski definition) is 1.